The summed E-state index contributed by atoms with van der Waals surface area (Å²) in [4.78, 5) is 22.4. The molecular formula is C12H4F6N2O2. The van der Waals surface area contributed by atoms with Gasteiger partial charge in [-0.15, -0.1) is 0 Å². The van der Waals surface area contributed by atoms with Crippen LogP contribution < -0.4 is 21.5 Å². The standard InChI is InChI=1S/C12H4F6N2O2/c13-11(14,15)3-1-4(12(16,17)18)6-5(2-3)19-7-8(20-6)10(22)9(7)21/h1-2,19-20H. The van der Waals surface area contributed by atoms with Crippen LogP contribution in [0.2, 0.25) is 0 Å². The van der Waals surface area contributed by atoms with Gasteiger partial charge in [0.2, 0.25) is 0 Å². The van der Waals surface area contributed by atoms with Crippen LogP contribution in [-0.4, -0.2) is 0 Å². The van der Waals surface area contributed by atoms with Crippen molar-refractivity contribution in [2.45, 2.75) is 12.4 Å². The molecule has 0 bridgehead atoms. The summed E-state index contributed by atoms with van der Waals surface area (Å²) in [6, 6.07) is 0.390. The van der Waals surface area contributed by atoms with Crippen molar-refractivity contribution in [1.82, 2.24) is 0 Å². The van der Waals surface area contributed by atoms with E-state index in [1.165, 1.54) is 0 Å². The average molecular weight is 322 g/mol. The van der Waals surface area contributed by atoms with Crippen molar-refractivity contribution in [3.8, 4) is 0 Å². The second-order valence-electron chi connectivity index (χ2n) is 4.60. The highest BCUT2D eigenvalue weighted by Crippen LogP contribution is 2.47. The van der Waals surface area contributed by atoms with Crippen molar-refractivity contribution in [3.05, 3.63) is 43.7 Å². The molecule has 0 radical (unpaired) electrons. The Balaban J connectivity index is 2.23. The lowest BCUT2D eigenvalue weighted by molar-refractivity contribution is -0.142. The summed E-state index contributed by atoms with van der Waals surface area (Å²) in [7, 11) is 0. The molecule has 0 atom stereocenters. The Morgan fingerprint density at radius 1 is 0.727 bits per heavy atom. The molecule has 0 aliphatic carbocycles. The van der Waals surface area contributed by atoms with Crippen LogP contribution in [0.25, 0.3) is 0 Å². The smallest absolute Gasteiger partial charge is 0.349 e. The number of fused-ring (bicyclic) bond motifs is 2. The Hall–Kier alpha value is -2.52. The van der Waals surface area contributed by atoms with Crippen LogP contribution in [0.4, 0.5) is 49.1 Å². The van der Waals surface area contributed by atoms with Crippen molar-refractivity contribution in [1.29, 1.82) is 0 Å². The fourth-order valence-corrected chi connectivity index (χ4v) is 2.15. The first-order chi connectivity index (χ1) is 10.00. The van der Waals surface area contributed by atoms with E-state index in [2.05, 4.69) is 10.6 Å². The van der Waals surface area contributed by atoms with E-state index in [1.54, 1.807) is 0 Å². The van der Waals surface area contributed by atoms with Crippen molar-refractivity contribution in [3.63, 3.8) is 0 Å². The van der Waals surface area contributed by atoms with Gasteiger partial charge in [0.1, 0.15) is 11.4 Å². The maximum absolute atomic E-state index is 13.0. The topological polar surface area (TPSA) is 58.2 Å². The summed E-state index contributed by atoms with van der Waals surface area (Å²) < 4.78 is 77.0. The van der Waals surface area contributed by atoms with Gasteiger partial charge in [-0.25, -0.2) is 0 Å². The van der Waals surface area contributed by atoms with Crippen LogP contribution >= 0.6 is 0 Å². The van der Waals surface area contributed by atoms with Gasteiger partial charge in [0.05, 0.1) is 22.5 Å². The summed E-state index contributed by atoms with van der Waals surface area (Å²) >= 11 is 0. The molecule has 0 saturated carbocycles. The van der Waals surface area contributed by atoms with Gasteiger partial charge in [-0.05, 0) is 12.1 Å². The van der Waals surface area contributed by atoms with Gasteiger partial charge in [-0.2, -0.15) is 26.3 Å². The molecule has 0 amide bonds. The van der Waals surface area contributed by atoms with E-state index in [4.69, 9.17) is 0 Å². The van der Waals surface area contributed by atoms with Gasteiger partial charge in [0, 0.05) is 0 Å². The first-order valence-corrected chi connectivity index (χ1v) is 5.70. The van der Waals surface area contributed by atoms with Crippen LogP contribution in [-0.2, 0) is 12.4 Å². The van der Waals surface area contributed by atoms with Crippen LogP contribution in [0.5, 0.6) is 0 Å². The van der Waals surface area contributed by atoms with Gasteiger partial charge in [0.15, 0.2) is 0 Å². The number of benzene rings is 1. The largest absolute Gasteiger partial charge is 0.418 e. The van der Waals surface area contributed by atoms with E-state index in [0.29, 0.717) is 6.07 Å². The Morgan fingerprint density at radius 3 is 1.77 bits per heavy atom. The summed E-state index contributed by atoms with van der Waals surface area (Å²) in [5.41, 5.74) is -7.15. The van der Waals surface area contributed by atoms with Crippen molar-refractivity contribution in [2.75, 3.05) is 10.6 Å². The summed E-state index contributed by atoms with van der Waals surface area (Å²) in [5.74, 6) is 0. The third-order valence-electron chi connectivity index (χ3n) is 3.19. The number of nitrogens with one attached hydrogen (secondary N) is 2. The Kier molecular flexibility index (Phi) is 2.63. The van der Waals surface area contributed by atoms with Gasteiger partial charge < -0.3 is 10.6 Å². The van der Waals surface area contributed by atoms with Crippen LogP contribution in [0.15, 0.2) is 21.7 Å². The van der Waals surface area contributed by atoms with Crippen LogP contribution in [0.1, 0.15) is 11.1 Å². The lowest BCUT2D eigenvalue weighted by atomic mass is 10.0. The van der Waals surface area contributed by atoms with Gasteiger partial charge >= 0.3 is 12.4 Å². The number of hydrogen-bond donors (Lipinski definition) is 2. The van der Waals surface area contributed by atoms with E-state index in [-0.39, 0.29) is 17.4 Å². The SMILES string of the molecule is O=c1c2c(c1=O)Nc1c(cc(C(F)(F)F)cc1C(F)(F)F)N2. The molecule has 1 heterocycles. The van der Waals surface area contributed by atoms with E-state index in [1.807, 2.05) is 0 Å². The molecule has 3 rings (SSSR count). The second-order valence-corrected chi connectivity index (χ2v) is 4.60. The molecule has 0 saturated heterocycles. The van der Waals surface area contributed by atoms with E-state index < -0.39 is 45.7 Å². The van der Waals surface area contributed by atoms with E-state index in [0.717, 1.165) is 0 Å². The third-order valence-corrected chi connectivity index (χ3v) is 3.19. The van der Waals surface area contributed by atoms with E-state index in [9.17, 15) is 35.9 Å². The molecule has 116 valence electrons. The molecule has 1 aliphatic heterocycles. The van der Waals surface area contributed by atoms with Gasteiger partial charge in [-0.1, -0.05) is 0 Å². The minimum Gasteiger partial charge on any atom is -0.349 e. The normalized spacial score (nSPS) is 14.1. The number of hydrogen-bond acceptors (Lipinski definition) is 4. The van der Waals surface area contributed by atoms with E-state index >= 15 is 0 Å². The highest BCUT2D eigenvalue weighted by molar-refractivity contribution is 5.94. The van der Waals surface area contributed by atoms with Gasteiger partial charge in [0.25, 0.3) is 10.9 Å². The maximum Gasteiger partial charge on any atom is 0.418 e. The zero-order valence-electron chi connectivity index (χ0n) is 10.2. The monoisotopic (exact) mass is 322 g/mol. The summed E-state index contributed by atoms with van der Waals surface area (Å²) in [6.45, 7) is 0. The zero-order chi connectivity index (χ0) is 16.4. The minimum atomic E-state index is -5.07. The Morgan fingerprint density at radius 2 is 1.27 bits per heavy atom. The molecule has 10 heteroatoms. The zero-order valence-corrected chi connectivity index (χ0v) is 10.2. The van der Waals surface area contributed by atoms with Crippen LogP contribution in [0, 0.1) is 0 Å². The number of alkyl halides is 6. The molecule has 0 unspecified atom stereocenters. The van der Waals surface area contributed by atoms with Crippen molar-refractivity contribution in [2.24, 2.45) is 0 Å². The maximum atomic E-state index is 13.0. The summed E-state index contributed by atoms with van der Waals surface area (Å²) in [6.07, 6.45) is -10.1. The molecule has 0 aromatic heterocycles. The number of rotatable bonds is 0. The van der Waals surface area contributed by atoms with Gasteiger partial charge in [-0.3, -0.25) is 9.59 Å². The first-order valence-electron chi connectivity index (χ1n) is 5.70. The van der Waals surface area contributed by atoms with Crippen LogP contribution in [0.3, 0.4) is 0 Å². The molecule has 2 aromatic rings. The molecule has 4 nitrogen and oxygen atoms in total. The lowest BCUT2D eigenvalue weighted by Crippen LogP contribution is -2.38. The second kappa shape index (κ2) is 4.02. The molecule has 0 spiro atoms. The molecule has 0 fully saturated rings. The fourth-order valence-electron chi connectivity index (χ4n) is 2.15. The predicted octanol–water partition coefficient (Wildman–Crippen LogP) is 3.12. The lowest BCUT2D eigenvalue weighted by Gasteiger charge is -2.27. The Labute approximate surface area is 117 Å². The third kappa shape index (κ3) is 1.94. The highest BCUT2D eigenvalue weighted by atomic mass is 19.4. The quantitative estimate of drug-likeness (QED) is 0.493. The number of halogens is 6. The Bertz CT molecular complexity index is 858. The minimum absolute atomic E-state index is 0.0516. The predicted molar refractivity (Wildman–Crippen MR) is 64.4 cm³/mol. The summed E-state index contributed by atoms with van der Waals surface area (Å²) in [5, 5.41) is 4.24. The number of anilines is 4. The molecule has 2 aromatic carbocycles. The molecule has 2 N–H and O–H groups in total. The average Bonchev–Trinajstić information content (AvgIpc) is 2.41. The molecule has 1 aliphatic rings. The molecule has 22 heavy (non-hydrogen) atoms. The highest BCUT2D eigenvalue weighted by Gasteiger charge is 2.41. The fraction of sp³-hybridized carbons (Fsp3) is 0.167. The first kappa shape index (κ1) is 14.4. The van der Waals surface area contributed by atoms with Crippen molar-refractivity contribution < 1.29 is 26.3 Å². The van der Waals surface area contributed by atoms with Crippen molar-refractivity contribution >= 4 is 22.7 Å². The molecular weight excluding hydrogens is 318 g/mol.